The topological polar surface area (TPSA) is 65.7 Å². The summed E-state index contributed by atoms with van der Waals surface area (Å²) in [4.78, 5) is 25.1. The highest BCUT2D eigenvalue weighted by Gasteiger charge is 2.16. The van der Waals surface area contributed by atoms with Gasteiger partial charge in [-0.3, -0.25) is 19.8 Å². The van der Waals surface area contributed by atoms with Crippen molar-refractivity contribution in [1.82, 2.24) is 10.2 Å². The molecule has 0 atom stereocenters. The summed E-state index contributed by atoms with van der Waals surface area (Å²) in [5.74, 6) is 0. The Morgan fingerprint density at radius 3 is 2.35 bits per heavy atom. The van der Waals surface area contributed by atoms with Crippen LogP contribution in [-0.4, -0.2) is 10.2 Å². The van der Waals surface area contributed by atoms with Gasteiger partial charge in [-0.15, -0.1) is 11.3 Å². The predicted molar refractivity (Wildman–Crippen MR) is 81.2 cm³/mol. The molecule has 0 unspecified atom stereocenters. The van der Waals surface area contributed by atoms with Crippen molar-refractivity contribution in [3.63, 3.8) is 0 Å². The molecule has 5 heteroatoms. The maximum Gasteiger partial charge on any atom is 0.271 e. The van der Waals surface area contributed by atoms with E-state index in [9.17, 15) is 9.59 Å². The lowest BCUT2D eigenvalue weighted by atomic mass is 10.00. The van der Waals surface area contributed by atoms with Crippen molar-refractivity contribution in [1.29, 1.82) is 0 Å². The monoisotopic (exact) mass is 284 g/mol. The second kappa shape index (κ2) is 4.94. The van der Waals surface area contributed by atoms with Gasteiger partial charge in [0.05, 0.1) is 11.1 Å². The summed E-state index contributed by atoms with van der Waals surface area (Å²) in [7, 11) is 0. The number of rotatable bonds is 2. The molecule has 2 heterocycles. The maximum absolute atomic E-state index is 12.2. The Balaban J connectivity index is 2.39. The number of hydrogen-bond acceptors (Lipinski definition) is 3. The first-order valence-electron chi connectivity index (χ1n) is 6.12. The standard InChI is InChI=1S/C15H12N2O2S/c1-9-4-2-5-10(8-9)12-13(11-6-3-7-20-11)15(19)17-16-14(12)18/h2-8H,1H3,(H,16,18)(H,17,19). The van der Waals surface area contributed by atoms with Crippen LogP contribution >= 0.6 is 11.3 Å². The molecule has 2 N–H and O–H groups in total. The Bertz CT molecular complexity index is 860. The van der Waals surface area contributed by atoms with E-state index in [0.717, 1.165) is 16.0 Å². The minimum Gasteiger partial charge on any atom is -0.267 e. The molecule has 1 aromatic carbocycles. The van der Waals surface area contributed by atoms with Crippen LogP contribution in [0, 0.1) is 6.92 Å². The number of aromatic nitrogens is 2. The Morgan fingerprint density at radius 1 is 0.950 bits per heavy atom. The van der Waals surface area contributed by atoms with Gasteiger partial charge in [0.2, 0.25) is 0 Å². The van der Waals surface area contributed by atoms with E-state index in [1.807, 2.05) is 48.7 Å². The lowest BCUT2D eigenvalue weighted by Gasteiger charge is -2.07. The minimum absolute atomic E-state index is 0.288. The van der Waals surface area contributed by atoms with Gasteiger partial charge in [-0.1, -0.05) is 35.9 Å². The Hall–Kier alpha value is -2.40. The van der Waals surface area contributed by atoms with Gasteiger partial charge in [-0.05, 0) is 23.9 Å². The second-order valence-electron chi connectivity index (χ2n) is 4.51. The van der Waals surface area contributed by atoms with E-state index < -0.39 is 0 Å². The van der Waals surface area contributed by atoms with Crippen molar-refractivity contribution in [2.75, 3.05) is 0 Å². The highest BCUT2D eigenvalue weighted by molar-refractivity contribution is 7.13. The summed E-state index contributed by atoms with van der Waals surface area (Å²) in [6, 6.07) is 11.3. The molecule has 2 aromatic heterocycles. The van der Waals surface area contributed by atoms with Gasteiger partial charge in [0.15, 0.2) is 0 Å². The summed E-state index contributed by atoms with van der Waals surface area (Å²) in [6.07, 6.45) is 0. The third-order valence-corrected chi connectivity index (χ3v) is 3.96. The van der Waals surface area contributed by atoms with Crippen LogP contribution < -0.4 is 11.1 Å². The normalized spacial score (nSPS) is 10.7. The molecule has 20 heavy (non-hydrogen) atoms. The summed E-state index contributed by atoms with van der Waals surface area (Å²) in [6.45, 7) is 1.95. The van der Waals surface area contributed by atoms with E-state index in [1.165, 1.54) is 11.3 Å². The molecule has 0 aliphatic rings. The number of aryl methyl sites for hydroxylation is 1. The van der Waals surface area contributed by atoms with E-state index in [-0.39, 0.29) is 11.1 Å². The van der Waals surface area contributed by atoms with Crippen LogP contribution in [0.25, 0.3) is 21.6 Å². The molecular formula is C15H12N2O2S. The van der Waals surface area contributed by atoms with Crippen LogP contribution in [0.3, 0.4) is 0 Å². The average Bonchev–Trinajstić information content (AvgIpc) is 2.94. The van der Waals surface area contributed by atoms with Crippen molar-refractivity contribution in [2.24, 2.45) is 0 Å². The third kappa shape index (κ3) is 2.12. The maximum atomic E-state index is 12.2. The molecule has 0 spiro atoms. The summed E-state index contributed by atoms with van der Waals surface area (Å²) in [5, 5.41) is 6.68. The SMILES string of the molecule is Cc1cccc(-c2c(-c3cccs3)c(=O)[nH][nH]c2=O)c1. The van der Waals surface area contributed by atoms with Crippen molar-refractivity contribution >= 4 is 11.3 Å². The van der Waals surface area contributed by atoms with Crippen LogP contribution in [0.5, 0.6) is 0 Å². The third-order valence-electron chi connectivity index (χ3n) is 3.07. The van der Waals surface area contributed by atoms with Gasteiger partial charge in [-0.2, -0.15) is 0 Å². The fourth-order valence-electron chi connectivity index (χ4n) is 2.20. The first kappa shape index (κ1) is 12.6. The fraction of sp³-hybridized carbons (Fsp3) is 0.0667. The number of nitrogens with one attached hydrogen (secondary N) is 2. The Morgan fingerprint density at radius 2 is 1.70 bits per heavy atom. The van der Waals surface area contributed by atoms with E-state index in [0.29, 0.717) is 11.1 Å². The molecule has 0 saturated heterocycles. The molecular weight excluding hydrogens is 272 g/mol. The van der Waals surface area contributed by atoms with Gasteiger partial charge in [0.25, 0.3) is 11.1 Å². The molecule has 100 valence electrons. The number of thiophene rings is 1. The van der Waals surface area contributed by atoms with Crippen molar-refractivity contribution in [3.05, 3.63) is 68.0 Å². The van der Waals surface area contributed by atoms with Crippen LogP contribution in [0.2, 0.25) is 0 Å². The average molecular weight is 284 g/mol. The molecule has 4 nitrogen and oxygen atoms in total. The predicted octanol–water partition coefficient (Wildman–Crippen LogP) is 2.77. The van der Waals surface area contributed by atoms with E-state index in [2.05, 4.69) is 10.2 Å². The van der Waals surface area contributed by atoms with Crippen LogP contribution in [0.1, 0.15) is 5.56 Å². The van der Waals surface area contributed by atoms with Crippen LogP contribution in [-0.2, 0) is 0 Å². The lowest BCUT2D eigenvalue weighted by Crippen LogP contribution is -2.22. The van der Waals surface area contributed by atoms with E-state index >= 15 is 0 Å². The van der Waals surface area contributed by atoms with Gasteiger partial charge in [-0.25, -0.2) is 0 Å². The van der Waals surface area contributed by atoms with Crippen LogP contribution in [0.4, 0.5) is 0 Å². The van der Waals surface area contributed by atoms with E-state index in [4.69, 9.17) is 0 Å². The Kier molecular flexibility index (Phi) is 3.12. The molecule has 3 aromatic rings. The molecule has 3 rings (SSSR count). The molecule has 0 radical (unpaired) electrons. The quantitative estimate of drug-likeness (QED) is 0.760. The molecule has 0 bridgehead atoms. The first-order valence-corrected chi connectivity index (χ1v) is 7.00. The zero-order chi connectivity index (χ0) is 14.1. The largest absolute Gasteiger partial charge is 0.271 e. The minimum atomic E-state index is -0.293. The molecule has 0 aliphatic carbocycles. The lowest BCUT2D eigenvalue weighted by molar-refractivity contribution is 0.958. The summed E-state index contributed by atoms with van der Waals surface area (Å²) >= 11 is 1.44. The zero-order valence-corrected chi connectivity index (χ0v) is 11.6. The first-order chi connectivity index (χ1) is 9.66. The highest BCUT2D eigenvalue weighted by atomic mass is 32.1. The van der Waals surface area contributed by atoms with Gasteiger partial charge in [0.1, 0.15) is 0 Å². The number of aromatic amines is 2. The van der Waals surface area contributed by atoms with Crippen molar-refractivity contribution in [3.8, 4) is 21.6 Å². The number of benzene rings is 1. The number of H-pyrrole nitrogens is 2. The van der Waals surface area contributed by atoms with Crippen LogP contribution in [0.15, 0.2) is 51.4 Å². The molecule has 0 amide bonds. The molecule has 0 fully saturated rings. The zero-order valence-electron chi connectivity index (χ0n) is 10.8. The van der Waals surface area contributed by atoms with Crippen molar-refractivity contribution in [2.45, 2.75) is 6.92 Å². The highest BCUT2D eigenvalue weighted by Crippen LogP contribution is 2.29. The van der Waals surface area contributed by atoms with Gasteiger partial charge in [0, 0.05) is 4.88 Å². The second-order valence-corrected chi connectivity index (χ2v) is 5.45. The fourth-order valence-corrected chi connectivity index (χ4v) is 2.97. The van der Waals surface area contributed by atoms with Gasteiger partial charge < -0.3 is 0 Å². The summed E-state index contributed by atoms with van der Waals surface area (Å²) < 4.78 is 0. The van der Waals surface area contributed by atoms with Crippen molar-refractivity contribution < 1.29 is 0 Å². The Labute approximate surface area is 118 Å². The van der Waals surface area contributed by atoms with Gasteiger partial charge >= 0.3 is 0 Å². The molecule has 0 aliphatic heterocycles. The summed E-state index contributed by atoms with van der Waals surface area (Å²) in [5.41, 5.74) is 2.05. The van der Waals surface area contributed by atoms with E-state index in [1.54, 1.807) is 0 Å². The number of hydrogen-bond donors (Lipinski definition) is 2. The molecule has 0 saturated carbocycles. The smallest absolute Gasteiger partial charge is 0.267 e.